The van der Waals surface area contributed by atoms with Crippen molar-refractivity contribution in [2.24, 2.45) is 0 Å². The molecule has 0 saturated heterocycles. The number of rotatable bonds is 6. The van der Waals surface area contributed by atoms with Crippen LogP contribution in [0.1, 0.15) is 12.5 Å². The van der Waals surface area contributed by atoms with Gasteiger partial charge in [0.1, 0.15) is 0 Å². The first-order valence-electron chi connectivity index (χ1n) is 5.50. The van der Waals surface area contributed by atoms with E-state index in [2.05, 4.69) is 12.2 Å². The van der Waals surface area contributed by atoms with Crippen LogP contribution in [0.25, 0.3) is 0 Å². The predicted molar refractivity (Wildman–Crippen MR) is 65.5 cm³/mol. The molecule has 0 bridgehead atoms. The van der Waals surface area contributed by atoms with E-state index in [1.807, 2.05) is 24.3 Å². The third-order valence-corrected chi connectivity index (χ3v) is 3.04. The van der Waals surface area contributed by atoms with E-state index in [-0.39, 0.29) is 0 Å². The Labute approximate surface area is 104 Å². The van der Waals surface area contributed by atoms with Crippen LogP contribution < -0.4 is 5.32 Å². The first-order chi connectivity index (χ1) is 8.01. The van der Waals surface area contributed by atoms with Gasteiger partial charge in [0, 0.05) is 4.90 Å². The number of nitrogens with one attached hydrogen (secondary N) is 1. The van der Waals surface area contributed by atoms with E-state index in [1.54, 1.807) is 11.8 Å². The molecule has 0 aliphatic carbocycles. The van der Waals surface area contributed by atoms with Gasteiger partial charge >= 0.3 is 6.18 Å². The van der Waals surface area contributed by atoms with Crippen LogP contribution in [-0.2, 0) is 6.42 Å². The fraction of sp³-hybridized carbons (Fsp3) is 0.500. The maximum Gasteiger partial charge on any atom is 0.401 e. The molecule has 0 heterocycles. The first-order valence-corrected chi connectivity index (χ1v) is 6.49. The highest BCUT2D eigenvalue weighted by Crippen LogP contribution is 2.17. The van der Waals surface area contributed by atoms with Crippen LogP contribution >= 0.6 is 11.8 Å². The molecule has 0 aliphatic heterocycles. The lowest BCUT2D eigenvalue weighted by Gasteiger charge is -2.08. The molecule has 96 valence electrons. The molecule has 0 amide bonds. The maximum atomic E-state index is 11.9. The van der Waals surface area contributed by atoms with Crippen LogP contribution in [0, 0.1) is 0 Å². The van der Waals surface area contributed by atoms with Crippen molar-refractivity contribution in [1.29, 1.82) is 0 Å². The molecule has 0 aliphatic rings. The Balaban J connectivity index is 2.27. The Hall–Kier alpha value is -0.680. The van der Waals surface area contributed by atoms with Crippen LogP contribution in [-0.4, -0.2) is 25.0 Å². The van der Waals surface area contributed by atoms with Crippen molar-refractivity contribution in [3.63, 3.8) is 0 Å². The second-order valence-corrected chi connectivity index (χ2v) is 4.96. The van der Waals surface area contributed by atoms with Crippen molar-refractivity contribution in [2.75, 3.05) is 18.8 Å². The summed E-state index contributed by atoms with van der Waals surface area (Å²) in [5.74, 6) is 1.02. The molecule has 1 N–H and O–H groups in total. The maximum absolute atomic E-state index is 11.9. The van der Waals surface area contributed by atoms with E-state index in [9.17, 15) is 13.2 Å². The quantitative estimate of drug-likeness (QED) is 0.623. The summed E-state index contributed by atoms with van der Waals surface area (Å²) in [5.41, 5.74) is 1.06. The molecule has 0 radical (unpaired) electrons. The molecular formula is C12H16F3NS. The molecule has 0 spiro atoms. The Morgan fingerprint density at radius 2 is 1.82 bits per heavy atom. The number of halogens is 3. The summed E-state index contributed by atoms with van der Waals surface area (Å²) >= 11 is 1.75. The number of alkyl halides is 3. The number of benzene rings is 1. The lowest BCUT2D eigenvalue weighted by molar-refractivity contribution is -0.124. The Morgan fingerprint density at radius 3 is 2.35 bits per heavy atom. The molecule has 0 atom stereocenters. The van der Waals surface area contributed by atoms with Gasteiger partial charge < -0.3 is 5.32 Å². The van der Waals surface area contributed by atoms with Crippen LogP contribution in [0.3, 0.4) is 0 Å². The van der Waals surface area contributed by atoms with E-state index in [0.717, 1.165) is 11.3 Å². The highest BCUT2D eigenvalue weighted by Gasteiger charge is 2.25. The summed E-state index contributed by atoms with van der Waals surface area (Å²) in [5, 5.41) is 2.38. The largest absolute Gasteiger partial charge is 0.401 e. The van der Waals surface area contributed by atoms with Gasteiger partial charge in [-0.2, -0.15) is 13.2 Å². The van der Waals surface area contributed by atoms with Crippen molar-refractivity contribution < 1.29 is 13.2 Å². The van der Waals surface area contributed by atoms with Gasteiger partial charge in [0.2, 0.25) is 0 Å². The summed E-state index contributed by atoms with van der Waals surface area (Å²) in [7, 11) is 0. The zero-order valence-corrected chi connectivity index (χ0v) is 10.5. The van der Waals surface area contributed by atoms with Crippen molar-refractivity contribution >= 4 is 11.8 Å². The first kappa shape index (κ1) is 14.4. The minimum atomic E-state index is -4.12. The van der Waals surface area contributed by atoms with Crippen molar-refractivity contribution in [3.05, 3.63) is 29.8 Å². The third kappa shape index (κ3) is 6.58. The SMILES string of the molecule is CCSc1ccc(CCNCC(F)(F)F)cc1. The second-order valence-electron chi connectivity index (χ2n) is 3.62. The summed E-state index contributed by atoms with van der Waals surface area (Å²) in [6.45, 7) is 1.51. The van der Waals surface area contributed by atoms with Gasteiger partial charge in [-0.15, -0.1) is 11.8 Å². The lowest BCUT2D eigenvalue weighted by atomic mass is 10.1. The average molecular weight is 263 g/mol. The molecule has 0 unspecified atom stereocenters. The molecule has 0 saturated carbocycles. The smallest absolute Gasteiger partial charge is 0.308 e. The van der Waals surface area contributed by atoms with Gasteiger partial charge in [-0.25, -0.2) is 0 Å². The third-order valence-electron chi connectivity index (χ3n) is 2.15. The minimum Gasteiger partial charge on any atom is -0.308 e. The van der Waals surface area contributed by atoms with Crippen molar-refractivity contribution in [2.45, 2.75) is 24.4 Å². The topological polar surface area (TPSA) is 12.0 Å². The van der Waals surface area contributed by atoms with Crippen LogP contribution in [0.5, 0.6) is 0 Å². The highest BCUT2D eigenvalue weighted by molar-refractivity contribution is 7.99. The zero-order chi connectivity index (χ0) is 12.7. The minimum absolute atomic E-state index is 0.347. The van der Waals surface area contributed by atoms with Gasteiger partial charge in [-0.1, -0.05) is 19.1 Å². The van der Waals surface area contributed by atoms with Crippen LogP contribution in [0.2, 0.25) is 0 Å². The zero-order valence-electron chi connectivity index (χ0n) is 9.68. The number of thioether (sulfide) groups is 1. The molecule has 1 aromatic rings. The molecule has 1 aromatic carbocycles. The van der Waals surface area contributed by atoms with Gasteiger partial charge in [0.15, 0.2) is 0 Å². The molecule has 5 heteroatoms. The Kier molecular flexibility index (Phi) is 5.85. The Bertz CT molecular complexity index is 322. The normalized spacial score (nSPS) is 11.8. The summed E-state index contributed by atoms with van der Waals surface area (Å²) in [6, 6.07) is 7.95. The van der Waals surface area contributed by atoms with Crippen molar-refractivity contribution in [3.8, 4) is 0 Å². The fourth-order valence-corrected chi connectivity index (χ4v) is 2.04. The van der Waals surface area contributed by atoms with E-state index >= 15 is 0 Å². The second kappa shape index (κ2) is 6.91. The average Bonchev–Trinajstić information content (AvgIpc) is 2.26. The molecule has 0 aromatic heterocycles. The summed E-state index contributed by atoms with van der Waals surface area (Å²) in [6.07, 6.45) is -3.51. The molecule has 1 rings (SSSR count). The molecule has 17 heavy (non-hydrogen) atoms. The van der Waals surface area contributed by atoms with Gasteiger partial charge in [0.05, 0.1) is 6.54 Å². The van der Waals surface area contributed by atoms with Gasteiger partial charge in [-0.05, 0) is 36.4 Å². The van der Waals surface area contributed by atoms with Crippen LogP contribution in [0.4, 0.5) is 13.2 Å². The van der Waals surface area contributed by atoms with E-state index in [4.69, 9.17) is 0 Å². The predicted octanol–water partition coefficient (Wildman–Crippen LogP) is 3.49. The monoisotopic (exact) mass is 263 g/mol. The standard InChI is InChI=1S/C12H16F3NS/c1-2-17-11-5-3-10(4-6-11)7-8-16-9-12(13,14)15/h3-6,16H,2,7-9H2,1H3. The Morgan fingerprint density at radius 1 is 1.18 bits per heavy atom. The lowest BCUT2D eigenvalue weighted by Crippen LogP contribution is -2.30. The molecular weight excluding hydrogens is 247 g/mol. The number of hydrogen-bond acceptors (Lipinski definition) is 2. The van der Waals surface area contributed by atoms with Crippen molar-refractivity contribution in [1.82, 2.24) is 5.32 Å². The van der Waals surface area contributed by atoms with Gasteiger partial charge in [0.25, 0.3) is 0 Å². The summed E-state index contributed by atoms with van der Waals surface area (Å²) < 4.78 is 35.6. The van der Waals surface area contributed by atoms with E-state index in [1.165, 1.54) is 4.90 Å². The van der Waals surface area contributed by atoms with E-state index < -0.39 is 12.7 Å². The van der Waals surface area contributed by atoms with Crippen LogP contribution in [0.15, 0.2) is 29.2 Å². The summed E-state index contributed by atoms with van der Waals surface area (Å²) in [4.78, 5) is 1.19. The number of hydrogen-bond donors (Lipinski definition) is 1. The molecule has 0 fully saturated rings. The van der Waals surface area contributed by atoms with Gasteiger partial charge in [-0.3, -0.25) is 0 Å². The fourth-order valence-electron chi connectivity index (χ4n) is 1.38. The van der Waals surface area contributed by atoms with E-state index in [0.29, 0.717) is 13.0 Å². The molecule has 1 nitrogen and oxygen atoms in total. The highest BCUT2D eigenvalue weighted by atomic mass is 32.2.